The summed E-state index contributed by atoms with van der Waals surface area (Å²) < 4.78 is 25.4. The van der Waals surface area contributed by atoms with Gasteiger partial charge in [-0.3, -0.25) is 4.79 Å². The summed E-state index contributed by atoms with van der Waals surface area (Å²) in [6.07, 6.45) is 2.07. The second-order valence-electron chi connectivity index (χ2n) is 7.18. The van der Waals surface area contributed by atoms with Crippen LogP contribution in [-0.4, -0.2) is 37.5 Å². The van der Waals surface area contributed by atoms with Crippen LogP contribution in [0.25, 0.3) is 0 Å². The topological polar surface area (TPSA) is 66.5 Å². The summed E-state index contributed by atoms with van der Waals surface area (Å²) in [5, 5.41) is 3.20. The second-order valence-corrected chi connectivity index (χ2v) is 9.43. The monoisotopic (exact) mass is 366 g/mol. The number of piperidine rings is 1. The van der Waals surface area contributed by atoms with Crippen LogP contribution in [0.4, 0.5) is 0 Å². The molecule has 25 heavy (non-hydrogen) atoms. The Hall–Kier alpha value is -1.40. The Kier molecular flexibility index (Phi) is 7.02. The van der Waals surface area contributed by atoms with E-state index in [9.17, 15) is 13.2 Å². The number of hydrogen-bond donors (Lipinski definition) is 1. The van der Waals surface area contributed by atoms with Crippen LogP contribution in [0.5, 0.6) is 0 Å². The summed E-state index contributed by atoms with van der Waals surface area (Å²) in [6, 6.07) is 10.0. The fraction of sp³-hybridized carbons (Fsp3) is 0.632. The van der Waals surface area contributed by atoms with Crippen molar-refractivity contribution in [3.63, 3.8) is 0 Å². The number of nitrogens with zero attached hydrogens (tertiary/aromatic N) is 1. The van der Waals surface area contributed by atoms with Crippen LogP contribution in [0.15, 0.2) is 30.3 Å². The molecule has 1 aliphatic rings. The lowest BCUT2D eigenvalue weighted by Gasteiger charge is -2.31. The minimum atomic E-state index is -3.15. The lowest BCUT2D eigenvalue weighted by molar-refractivity contribution is -0.127. The standard InChI is InChI=1S/C19H30N2O3S/c1-4-25(23,24)21-12-10-17(11-13-21)19(22)20-18(14-15(2)3)16-8-6-5-7-9-16/h5-9,15,17-18H,4,10-14H2,1-3H3,(H,20,22)/t18-/m0/s1. The highest BCUT2D eigenvalue weighted by atomic mass is 32.2. The van der Waals surface area contributed by atoms with Crippen molar-refractivity contribution in [1.29, 1.82) is 0 Å². The molecule has 1 N–H and O–H groups in total. The Morgan fingerprint density at radius 3 is 2.32 bits per heavy atom. The van der Waals surface area contributed by atoms with Gasteiger partial charge in [0.1, 0.15) is 0 Å². The maximum atomic E-state index is 12.7. The molecule has 0 aliphatic carbocycles. The molecule has 1 atom stereocenters. The molecule has 6 heteroatoms. The molecule has 0 aromatic heterocycles. The lowest BCUT2D eigenvalue weighted by Crippen LogP contribution is -2.44. The van der Waals surface area contributed by atoms with Gasteiger partial charge >= 0.3 is 0 Å². The average Bonchev–Trinajstić information content (AvgIpc) is 2.61. The number of hydrogen-bond acceptors (Lipinski definition) is 3. The molecule has 1 amide bonds. The van der Waals surface area contributed by atoms with E-state index in [4.69, 9.17) is 0 Å². The summed E-state index contributed by atoms with van der Waals surface area (Å²) in [5.74, 6) is 0.528. The highest BCUT2D eigenvalue weighted by molar-refractivity contribution is 7.89. The zero-order chi connectivity index (χ0) is 18.4. The van der Waals surface area contributed by atoms with Gasteiger partial charge in [0.05, 0.1) is 11.8 Å². The molecule has 5 nitrogen and oxygen atoms in total. The largest absolute Gasteiger partial charge is 0.349 e. The number of sulfonamides is 1. The van der Waals surface area contributed by atoms with Crippen molar-refractivity contribution < 1.29 is 13.2 Å². The van der Waals surface area contributed by atoms with E-state index in [0.717, 1.165) is 12.0 Å². The first-order valence-corrected chi connectivity index (χ1v) is 10.8. The number of carbonyl (C=O) groups excluding carboxylic acids is 1. The van der Waals surface area contributed by atoms with E-state index in [2.05, 4.69) is 19.2 Å². The van der Waals surface area contributed by atoms with Crippen molar-refractivity contribution in [3.8, 4) is 0 Å². The third kappa shape index (κ3) is 5.54. The quantitative estimate of drug-likeness (QED) is 0.807. The zero-order valence-corrected chi connectivity index (χ0v) is 16.3. The predicted octanol–water partition coefficient (Wildman–Crippen LogP) is 2.95. The summed E-state index contributed by atoms with van der Waals surface area (Å²) in [5.41, 5.74) is 1.12. The van der Waals surface area contributed by atoms with E-state index in [-0.39, 0.29) is 23.6 Å². The fourth-order valence-electron chi connectivity index (χ4n) is 3.30. The van der Waals surface area contributed by atoms with E-state index >= 15 is 0 Å². The summed E-state index contributed by atoms with van der Waals surface area (Å²) >= 11 is 0. The van der Waals surface area contributed by atoms with Crippen molar-refractivity contribution in [2.24, 2.45) is 11.8 Å². The number of amides is 1. The number of rotatable bonds is 7. The fourth-order valence-corrected chi connectivity index (χ4v) is 4.44. The second kappa shape index (κ2) is 8.81. The molecule has 0 radical (unpaired) electrons. The van der Waals surface area contributed by atoms with E-state index in [1.165, 1.54) is 4.31 Å². The summed E-state index contributed by atoms with van der Waals surface area (Å²) in [4.78, 5) is 12.7. The van der Waals surface area contributed by atoms with E-state index in [1.807, 2.05) is 30.3 Å². The van der Waals surface area contributed by atoms with Gasteiger partial charge in [-0.1, -0.05) is 44.2 Å². The van der Waals surface area contributed by atoms with Gasteiger partial charge in [0.25, 0.3) is 0 Å². The zero-order valence-electron chi connectivity index (χ0n) is 15.4. The van der Waals surface area contributed by atoms with Crippen LogP contribution in [0.2, 0.25) is 0 Å². The van der Waals surface area contributed by atoms with Crippen molar-refractivity contribution in [2.75, 3.05) is 18.8 Å². The van der Waals surface area contributed by atoms with Gasteiger partial charge in [-0.15, -0.1) is 0 Å². The number of benzene rings is 1. The number of carbonyl (C=O) groups is 1. The Morgan fingerprint density at radius 2 is 1.80 bits per heavy atom. The van der Waals surface area contributed by atoms with Crippen LogP contribution in [0.1, 0.15) is 51.6 Å². The molecular weight excluding hydrogens is 336 g/mol. The molecule has 1 aliphatic heterocycles. The third-order valence-electron chi connectivity index (χ3n) is 4.81. The highest BCUT2D eigenvalue weighted by Gasteiger charge is 2.31. The lowest BCUT2D eigenvalue weighted by atomic mass is 9.93. The maximum absolute atomic E-state index is 12.7. The Balaban J connectivity index is 1.98. The molecule has 0 unspecified atom stereocenters. The van der Waals surface area contributed by atoms with E-state index in [1.54, 1.807) is 6.92 Å². The van der Waals surface area contributed by atoms with Gasteiger partial charge in [-0.05, 0) is 37.7 Å². The van der Waals surface area contributed by atoms with Crippen molar-refractivity contribution >= 4 is 15.9 Å². The molecule has 0 spiro atoms. The van der Waals surface area contributed by atoms with E-state index < -0.39 is 10.0 Å². The molecule has 1 aromatic rings. The molecule has 0 saturated carbocycles. The van der Waals surface area contributed by atoms with Gasteiger partial charge in [0, 0.05) is 19.0 Å². The first kappa shape index (κ1) is 19.9. The van der Waals surface area contributed by atoms with Crippen LogP contribution in [0.3, 0.4) is 0 Å². The van der Waals surface area contributed by atoms with Gasteiger partial charge < -0.3 is 5.32 Å². The third-order valence-corrected chi connectivity index (χ3v) is 6.69. The highest BCUT2D eigenvalue weighted by Crippen LogP contribution is 2.24. The molecule has 1 aromatic carbocycles. The predicted molar refractivity (Wildman–Crippen MR) is 101 cm³/mol. The Bertz CT molecular complexity index is 651. The van der Waals surface area contributed by atoms with Crippen LogP contribution in [0, 0.1) is 11.8 Å². The van der Waals surface area contributed by atoms with Gasteiger partial charge in [0.15, 0.2) is 0 Å². The van der Waals surface area contributed by atoms with Gasteiger partial charge in [0.2, 0.25) is 15.9 Å². The van der Waals surface area contributed by atoms with Crippen LogP contribution < -0.4 is 5.32 Å². The van der Waals surface area contributed by atoms with Crippen LogP contribution >= 0.6 is 0 Å². The van der Waals surface area contributed by atoms with Crippen LogP contribution in [-0.2, 0) is 14.8 Å². The van der Waals surface area contributed by atoms with Crippen molar-refractivity contribution in [2.45, 2.75) is 46.1 Å². The Morgan fingerprint density at radius 1 is 1.20 bits per heavy atom. The number of nitrogens with one attached hydrogen (secondary N) is 1. The normalized spacial score (nSPS) is 18.2. The minimum absolute atomic E-state index is 0.00565. The molecule has 1 saturated heterocycles. The maximum Gasteiger partial charge on any atom is 0.223 e. The first-order valence-electron chi connectivity index (χ1n) is 9.16. The van der Waals surface area contributed by atoms with Gasteiger partial charge in [-0.25, -0.2) is 12.7 Å². The van der Waals surface area contributed by atoms with E-state index in [0.29, 0.717) is 31.8 Å². The summed E-state index contributed by atoms with van der Waals surface area (Å²) in [6.45, 7) is 6.83. The van der Waals surface area contributed by atoms with Gasteiger partial charge in [-0.2, -0.15) is 0 Å². The molecule has 0 bridgehead atoms. The minimum Gasteiger partial charge on any atom is -0.349 e. The van der Waals surface area contributed by atoms with Crippen molar-refractivity contribution in [1.82, 2.24) is 9.62 Å². The molecule has 140 valence electrons. The molecule has 1 fully saturated rings. The van der Waals surface area contributed by atoms with Crippen molar-refractivity contribution in [3.05, 3.63) is 35.9 Å². The summed E-state index contributed by atoms with van der Waals surface area (Å²) in [7, 11) is -3.15. The Labute approximate surface area is 151 Å². The first-order chi connectivity index (χ1) is 11.8. The molecule has 1 heterocycles. The molecular formula is C19H30N2O3S. The SMILES string of the molecule is CCS(=O)(=O)N1CCC(C(=O)N[C@@H](CC(C)C)c2ccccc2)CC1. The molecule has 2 rings (SSSR count). The average molecular weight is 367 g/mol. The smallest absolute Gasteiger partial charge is 0.223 e.